The summed E-state index contributed by atoms with van der Waals surface area (Å²) in [7, 11) is -3.69. The van der Waals surface area contributed by atoms with Gasteiger partial charge in [-0.25, -0.2) is 21.9 Å². The maximum absolute atomic E-state index is 12.7. The molecule has 8 heteroatoms. The second kappa shape index (κ2) is 7.10. The highest BCUT2D eigenvalue weighted by Crippen LogP contribution is 2.47. The first-order valence-electron chi connectivity index (χ1n) is 8.79. The maximum atomic E-state index is 12.7. The van der Waals surface area contributed by atoms with Crippen molar-refractivity contribution in [3.8, 4) is 11.3 Å². The van der Waals surface area contributed by atoms with Crippen LogP contribution in [0.5, 0.6) is 0 Å². The van der Waals surface area contributed by atoms with Gasteiger partial charge in [-0.15, -0.1) is 0 Å². The Morgan fingerprint density at radius 1 is 1.07 bits per heavy atom. The van der Waals surface area contributed by atoms with Gasteiger partial charge in [0.2, 0.25) is 15.8 Å². The highest BCUT2D eigenvalue weighted by molar-refractivity contribution is 7.89. The van der Waals surface area contributed by atoms with Crippen molar-refractivity contribution >= 4 is 10.0 Å². The molecule has 3 aromatic rings. The molecule has 0 unspecified atom stereocenters. The fourth-order valence-electron chi connectivity index (χ4n) is 3.41. The van der Waals surface area contributed by atoms with Crippen molar-refractivity contribution in [3.63, 3.8) is 0 Å². The number of sulfonamides is 1. The Hall–Kier alpha value is -2.58. The normalized spacial score (nSPS) is 21.8. The summed E-state index contributed by atoms with van der Waals surface area (Å²) >= 11 is 0. The Balaban J connectivity index is 1.49. The smallest absolute Gasteiger partial charge is 0.298 e. The van der Waals surface area contributed by atoms with Gasteiger partial charge in [0.1, 0.15) is 5.69 Å². The third kappa shape index (κ3) is 3.57. The molecular formula is C20H18F2N2O3S. The van der Waals surface area contributed by atoms with Crippen molar-refractivity contribution < 1.29 is 21.7 Å². The zero-order chi connectivity index (χ0) is 19.9. The molecule has 146 valence electrons. The van der Waals surface area contributed by atoms with Crippen LogP contribution in [0, 0.1) is 5.92 Å². The Labute approximate surface area is 161 Å². The summed E-state index contributed by atoms with van der Waals surface area (Å²) in [5.74, 6) is -0.166. The molecule has 0 aliphatic heterocycles. The van der Waals surface area contributed by atoms with Gasteiger partial charge in [0.05, 0.1) is 4.90 Å². The number of nitrogens with zero attached hydrogens (tertiary/aromatic N) is 1. The molecule has 2 aromatic carbocycles. The van der Waals surface area contributed by atoms with E-state index < -0.39 is 22.2 Å². The second-order valence-electron chi connectivity index (χ2n) is 6.88. The molecular weight excluding hydrogens is 386 g/mol. The molecule has 5 nitrogen and oxygen atoms in total. The van der Waals surface area contributed by atoms with E-state index in [1.165, 1.54) is 24.3 Å². The van der Waals surface area contributed by atoms with Gasteiger partial charge in [-0.2, -0.15) is 0 Å². The summed E-state index contributed by atoms with van der Waals surface area (Å²) in [5.41, 5.74) is 1.84. The van der Waals surface area contributed by atoms with E-state index in [2.05, 4.69) is 14.4 Å². The van der Waals surface area contributed by atoms with Gasteiger partial charge in [-0.3, -0.25) is 0 Å². The largest absolute Gasteiger partial charge is 0.355 e. The molecule has 1 saturated carbocycles. The van der Waals surface area contributed by atoms with E-state index in [4.69, 9.17) is 0 Å². The predicted molar refractivity (Wildman–Crippen MR) is 99.4 cm³/mol. The van der Waals surface area contributed by atoms with Gasteiger partial charge in [0.15, 0.2) is 0 Å². The molecule has 1 aliphatic carbocycles. The number of nitrogens with one attached hydrogen (secondary N) is 1. The van der Waals surface area contributed by atoms with Crippen LogP contribution in [0.15, 0.2) is 70.1 Å². The summed E-state index contributed by atoms with van der Waals surface area (Å²) in [6.45, 7) is 2.01. The van der Waals surface area contributed by atoms with Crippen LogP contribution in [-0.4, -0.2) is 19.6 Å². The first-order valence-corrected chi connectivity index (χ1v) is 10.3. The number of rotatable bonds is 6. The fraction of sp³-hybridized carbons (Fsp3) is 0.250. The molecule has 28 heavy (non-hydrogen) atoms. The summed E-state index contributed by atoms with van der Waals surface area (Å²) < 4.78 is 58.0. The molecule has 1 aromatic heterocycles. The number of hydrogen-bond donors (Lipinski definition) is 1. The third-order valence-corrected chi connectivity index (χ3v) is 6.53. The zero-order valence-corrected chi connectivity index (χ0v) is 15.7. The summed E-state index contributed by atoms with van der Waals surface area (Å²) in [5, 5.41) is 3.59. The minimum absolute atomic E-state index is 0.111. The minimum Gasteiger partial charge on any atom is -0.355 e. The maximum Gasteiger partial charge on any atom is 0.298 e. The average molecular weight is 404 g/mol. The molecule has 4 rings (SSSR count). The van der Waals surface area contributed by atoms with Gasteiger partial charge in [-0.05, 0) is 23.6 Å². The van der Waals surface area contributed by atoms with Gasteiger partial charge in [0, 0.05) is 23.6 Å². The standard InChI is InChI=1S/C20H18F2N2O3S/c1-12-18(14-5-3-2-4-6-14)19(12)24-28(25,26)15-9-7-13(8-10-15)16-11-17(20(21)22)27-23-16/h2-12,18-20,24H,1H3/t12-,18-,19+/m1/s1. The summed E-state index contributed by atoms with van der Waals surface area (Å²) in [6.07, 6.45) is -2.75. The van der Waals surface area contributed by atoms with Crippen LogP contribution in [0.2, 0.25) is 0 Å². The first kappa shape index (κ1) is 18.8. The van der Waals surface area contributed by atoms with Crippen LogP contribution in [0.4, 0.5) is 8.78 Å². The van der Waals surface area contributed by atoms with Crippen molar-refractivity contribution in [2.24, 2.45) is 5.92 Å². The van der Waals surface area contributed by atoms with E-state index in [9.17, 15) is 17.2 Å². The number of benzene rings is 2. The Morgan fingerprint density at radius 2 is 1.75 bits per heavy atom. The van der Waals surface area contributed by atoms with E-state index in [1.807, 2.05) is 37.3 Å². The molecule has 1 heterocycles. The lowest BCUT2D eigenvalue weighted by atomic mass is 10.1. The van der Waals surface area contributed by atoms with Crippen LogP contribution in [0.3, 0.4) is 0 Å². The lowest BCUT2D eigenvalue weighted by Crippen LogP contribution is -2.27. The molecule has 0 bridgehead atoms. The Bertz CT molecular complexity index is 1070. The van der Waals surface area contributed by atoms with Crippen molar-refractivity contribution in [2.45, 2.75) is 30.2 Å². The van der Waals surface area contributed by atoms with Crippen LogP contribution in [0.25, 0.3) is 11.3 Å². The Morgan fingerprint density at radius 3 is 2.36 bits per heavy atom. The second-order valence-corrected chi connectivity index (χ2v) is 8.60. The molecule has 0 radical (unpaired) electrons. The number of alkyl halides is 2. The van der Waals surface area contributed by atoms with Crippen molar-refractivity contribution in [3.05, 3.63) is 72.0 Å². The minimum atomic E-state index is -3.69. The zero-order valence-electron chi connectivity index (χ0n) is 14.9. The molecule has 3 atom stereocenters. The number of hydrogen-bond acceptors (Lipinski definition) is 4. The molecule has 1 N–H and O–H groups in total. The molecule has 1 aliphatic rings. The molecule has 1 fully saturated rings. The number of aromatic nitrogens is 1. The van der Waals surface area contributed by atoms with E-state index in [1.54, 1.807) is 0 Å². The topological polar surface area (TPSA) is 72.2 Å². The lowest BCUT2D eigenvalue weighted by Gasteiger charge is -2.07. The highest BCUT2D eigenvalue weighted by atomic mass is 32.2. The quantitative estimate of drug-likeness (QED) is 0.663. The van der Waals surface area contributed by atoms with Gasteiger partial charge >= 0.3 is 0 Å². The van der Waals surface area contributed by atoms with E-state index in [-0.39, 0.29) is 28.5 Å². The number of halogens is 2. The van der Waals surface area contributed by atoms with Crippen molar-refractivity contribution in [1.82, 2.24) is 9.88 Å². The molecule has 0 spiro atoms. The Kier molecular flexibility index (Phi) is 4.76. The molecule has 0 saturated heterocycles. The van der Waals surface area contributed by atoms with Gasteiger partial charge in [0.25, 0.3) is 6.43 Å². The molecule has 0 amide bonds. The van der Waals surface area contributed by atoms with Crippen LogP contribution in [0.1, 0.15) is 30.6 Å². The van der Waals surface area contributed by atoms with E-state index in [0.29, 0.717) is 5.56 Å². The summed E-state index contributed by atoms with van der Waals surface area (Å²) in [6, 6.07) is 16.7. The van der Waals surface area contributed by atoms with E-state index >= 15 is 0 Å². The van der Waals surface area contributed by atoms with E-state index in [0.717, 1.165) is 11.6 Å². The average Bonchev–Trinajstić information content (AvgIpc) is 3.09. The van der Waals surface area contributed by atoms with Crippen LogP contribution >= 0.6 is 0 Å². The van der Waals surface area contributed by atoms with Crippen molar-refractivity contribution in [1.29, 1.82) is 0 Å². The van der Waals surface area contributed by atoms with Gasteiger partial charge in [-0.1, -0.05) is 54.5 Å². The fourth-order valence-corrected chi connectivity index (χ4v) is 4.76. The van der Waals surface area contributed by atoms with Crippen LogP contribution < -0.4 is 4.72 Å². The monoisotopic (exact) mass is 404 g/mol. The van der Waals surface area contributed by atoms with Gasteiger partial charge < -0.3 is 4.52 Å². The predicted octanol–water partition coefficient (Wildman–Crippen LogP) is 4.36. The summed E-state index contributed by atoms with van der Waals surface area (Å²) in [4.78, 5) is 0.111. The third-order valence-electron chi connectivity index (χ3n) is 5.06. The first-order chi connectivity index (χ1) is 13.4. The SMILES string of the molecule is C[C@H]1[C@H](NS(=O)(=O)c2ccc(-c3cc(C(F)F)on3)cc2)[C@H]1c1ccccc1. The van der Waals surface area contributed by atoms with Crippen molar-refractivity contribution in [2.75, 3.05) is 0 Å². The van der Waals surface area contributed by atoms with Crippen LogP contribution in [-0.2, 0) is 10.0 Å². The lowest BCUT2D eigenvalue weighted by molar-refractivity contribution is 0.112. The highest BCUT2D eigenvalue weighted by Gasteiger charge is 2.49.